The summed E-state index contributed by atoms with van der Waals surface area (Å²) in [5.74, 6) is 0.836. The van der Waals surface area contributed by atoms with E-state index >= 15 is 0 Å². The first kappa shape index (κ1) is 33.1. The Morgan fingerprint density at radius 3 is 2.08 bits per heavy atom. The summed E-state index contributed by atoms with van der Waals surface area (Å²) in [6.45, 7) is 5.16. The second-order valence-corrected chi connectivity index (χ2v) is 11.9. The van der Waals surface area contributed by atoms with Crippen LogP contribution >= 0.6 is 0 Å². The highest BCUT2D eigenvalue weighted by Crippen LogP contribution is 2.43. The van der Waals surface area contributed by atoms with Crippen molar-refractivity contribution in [3.8, 4) is 45.3 Å². The van der Waals surface area contributed by atoms with E-state index in [2.05, 4.69) is 0 Å². The SMILES string of the molecule is CCOc1cc(C(=O)N2CCC3(CC2)CC(=O)c2cc(-c4cccc(C(N)=O)c4)ccc2O3)cc(OCC)c1-c1ccc(OC(=O)O)cc1. The van der Waals surface area contributed by atoms with Crippen LogP contribution in [-0.4, -0.2) is 65.7 Å². The van der Waals surface area contributed by atoms with E-state index in [1.807, 2.05) is 26.0 Å². The van der Waals surface area contributed by atoms with Crippen molar-refractivity contribution in [2.75, 3.05) is 26.3 Å². The number of fused-ring (bicyclic) bond motifs is 1. The number of rotatable bonds is 9. The van der Waals surface area contributed by atoms with Gasteiger partial charge in [-0.3, -0.25) is 14.4 Å². The van der Waals surface area contributed by atoms with E-state index in [1.54, 1.807) is 59.5 Å². The van der Waals surface area contributed by atoms with Crippen LogP contribution in [0.5, 0.6) is 23.0 Å². The first-order valence-electron chi connectivity index (χ1n) is 16.1. The van der Waals surface area contributed by atoms with E-state index in [0.717, 1.165) is 11.1 Å². The number of primary amides is 1. The maximum absolute atomic E-state index is 13.9. The number of ether oxygens (including phenoxy) is 4. The zero-order valence-electron chi connectivity index (χ0n) is 27.2. The van der Waals surface area contributed by atoms with Gasteiger partial charge in [-0.1, -0.05) is 30.3 Å². The molecule has 2 amide bonds. The molecule has 11 heteroatoms. The van der Waals surface area contributed by atoms with Gasteiger partial charge in [0, 0.05) is 37.1 Å². The molecule has 49 heavy (non-hydrogen) atoms. The third-order valence-corrected chi connectivity index (χ3v) is 8.79. The van der Waals surface area contributed by atoms with Crippen molar-refractivity contribution in [3.05, 3.63) is 95.6 Å². The number of carbonyl (C=O) groups is 4. The quantitative estimate of drug-likeness (QED) is 0.148. The molecule has 4 aromatic carbocycles. The van der Waals surface area contributed by atoms with Gasteiger partial charge in [0.25, 0.3) is 5.91 Å². The van der Waals surface area contributed by atoms with Gasteiger partial charge in [0.05, 0.1) is 30.8 Å². The number of piperidine rings is 1. The summed E-state index contributed by atoms with van der Waals surface area (Å²) >= 11 is 0. The number of nitrogens with two attached hydrogens (primary N) is 1. The number of nitrogens with zero attached hydrogens (tertiary/aromatic N) is 1. The largest absolute Gasteiger partial charge is 0.511 e. The summed E-state index contributed by atoms with van der Waals surface area (Å²) < 4.78 is 23.2. The molecule has 1 spiro atoms. The Bertz CT molecular complexity index is 1900. The molecule has 0 aliphatic carbocycles. The second-order valence-electron chi connectivity index (χ2n) is 11.9. The van der Waals surface area contributed by atoms with Gasteiger partial charge in [0.1, 0.15) is 28.6 Å². The van der Waals surface area contributed by atoms with Crippen molar-refractivity contribution in [3.63, 3.8) is 0 Å². The fourth-order valence-corrected chi connectivity index (χ4v) is 6.43. The van der Waals surface area contributed by atoms with Gasteiger partial charge in [0.15, 0.2) is 5.78 Å². The van der Waals surface area contributed by atoms with Crippen molar-refractivity contribution in [2.45, 2.75) is 38.7 Å². The predicted molar refractivity (Wildman–Crippen MR) is 181 cm³/mol. The standard InChI is InChI=1S/C38H36N2O9/c1-3-46-32-20-27(21-33(47-4-2)34(32)23-8-11-28(12-9-23)48-37(44)45)36(43)40-16-14-38(15-17-40)22-30(41)29-19-25(10-13-31(29)49-38)24-6-5-7-26(18-24)35(39)42/h5-13,18-21H,3-4,14-17,22H2,1-2H3,(H2,39,42)(H,44,45). The molecule has 4 aromatic rings. The van der Waals surface area contributed by atoms with Crippen LogP contribution in [0.25, 0.3) is 22.3 Å². The number of hydrogen-bond donors (Lipinski definition) is 2. The molecule has 3 N–H and O–H groups in total. The maximum atomic E-state index is 13.9. The molecule has 0 bridgehead atoms. The monoisotopic (exact) mass is 664 g/mol. The summed E-state index contributed by atoms with van der Waals surface area (Å²) in [6, 6.07) is 22.3. The lowest BCUT2D eigenvalue weighted by atomic mass is 9.81. The third kappa shape index (κ3) is 6.92. The molecule has 1 saturated heterocycles. The Kier molecular flexibility index (Phi) is 9.26. The fraction of sp³-hybridized carbons (Fsp3) is 0.263. The molecule has 0 saturated carbocycles. The van der Waals surface area contributed by atoms with Crippen molar-refractivity contribution in [1.29, 1.82) is 0 Å². The van der Waals surface area contributed by atoms with Crippen LogP contribution in [-0.2, 0) is 0 Å². The van der Waals surface area contributed by atoms with Crippen LogP contribution in [0.4, 0.5) is 4.79 Å². The lowest BCUT2D eigenvalue weighted by molar-refractivity contribution is -0.00573. The van der Waals surface area contributed by atoms with Crippen molar-refractivity contribution in [2.24, 2.45) is 5.73 Å². The topological polar surface area (TPSA) is 155 Å². The molecule has 2 heterocycles. The molecule has 0 unspecified atom stereocenters. The molecular formula is C38H36N2O9. The van der Waals surface area contributed by atoms with Crippen LogP contribution in [0.1, 0.15) is 64.2 Å². The zero-order valence-corrected chi connectivity index (χ0v) is 27.2. The van der Waals surface area contributed by atoms with E-state index in [9.17, 15) is 19.2 Å². The van der Waals surface area contributed by atoms with Gasteiger partial charge in [-0.2, -0.15) is 0 Å². The van der Waals surface area contributed by atoms with Gasteiger partial charge in [-0.15, -0.1) is 0 Å². The van der Waals surface area contributed by atoms with E-state index in [1.165, 1.54) is 12.1 Å². The minimum atomic E-state index is -1.41. The number of benzene rings is 4. The molecule has 0 aromatic heterocycles. The van der Waals surface area contributed by atoms with E-state index in [0.29, 0.717) is 84.2 Å². The average molecular weight is 665 g/mol. The molecule has 6 rings (SSSR count). The predicted octanol–water partition coefficient (Wildman–Crippen LogP) is 6.61. The van der Waals surface area contributed by atoms with Gasteiger partial charge in [-0.05, 0) is 79.1 Å². The second kappa shape index (κ2) is 13.7. The number of likely N-dealkylation sites (tertiary alicyclic amines) is 1. The van der Waals surface area contributed by atoms with E-state index < -0.39 is 17.7 Å². The molecule has 252 valence electrons. The van der Waals surface area contributed by atoms with Crippen LogP contribution in [0.2, 0.25) is 0 Å². The van der Waals surface area contributed by atoms with Gasteiger partial charge < -0.3 is 34.7 Å². The number of Topliss-reactive ketones (excluding diaryl/α,β-unsaturated/α-hetero) is 1. The number of hydrogen-bond acceptors (Lipinski definition) is 8. The van der Waals surface area contributed by atoms with E-state index in [-0.39, 0.29) is 23.9 Å². The van der Waals surface area contributed by atoms with Crippen molar-refractivity contribution >= 4 is 23.8 Å². The number of ketones is 1. The van der Waals surface area contributed by atoms with E-state index in [4.69, 9.17) is 29.8 Å². The third-order valence-electron chi connectivity index (χ3n) is 8.79. The lowest BCUT2D eigenvalue weighted by Gasteiger charge is -2.44. The summed E-state index contributed by atoms with van der Waals surface area (Å²) in [5.41, 5.74) is 8.89. The minimum Gasteiger partial charge on any atom is -0.493 e. The molecule has 11 nitrogen and oxygen atoms in total. The van der Waals surface area contributed by atoms with Crippen LogP contribution in [0.3, 0.4) is 0 Å². The lowest BCUT2D eigenvalue weighted by Crippen LogP contribution is -2.52. The van der Waals surface area contributed by atoms with Gasteiger partial charge in [0.2, 0.25) is 5.91 Å². The molecule has 2 aliphatic rings. The van der Waals surface area contributed by atoms with Crippen molar-refractivity contribution < 1.29 is 43.2 Å². The molecular weight excluding hydrogens is 628 g/mol. The maximum Gasteiger partial charge on any atom is 0.511 e. The smallest absolute Gasteiger partial charge is 0.493 e. The van der Waals surface area contributed by atoms with Gasteiger partial charge in [-0.25, -0.2) is 4.79 Å². The van der Waals surface area contributed by atoms with Crippen LogP contribution in [0, 0.1) is 0 Å². The highest BCUT2D eigenvalue weighted by molar-refractivity contribution is 6.02. The Hall–Kier alpha value is -5.84. The summed E-state index contributed by atoms with van der Waals surface area (Å²) in [7, 11) is 0. The summed E-state index contributed by atoms with van der Waals surface area (Å²) in [5, 5.41) is 8.93. The van der Waals surface area contributed by atoms with Crippen LogP contribution < -0.4 is 24.7 Å². The van der Waals surface area contributed by atoms with Gasteiger partial charge >= 0.3 is 6.16 Å². The molecule has 0 atom stereocenters. The number of carboxylic acid groups (broad SMARTS) is 1. The zero-order chi connectivity index (χ0) is 34.7. The molecule has 1 fully saturated rings. The van der Waals surface area contributed by atoms with Crippen LogP contribution in [0.15, 0.2) is 78.9 Å². The fourth-order valence-electron chi connectivity index (χ4n) is 6.43. The Balaban J connectivity index is 1.20. The number of amides is 2. The Labute approximate surface area is 283 Å². The summed E-state index contributed by atoms with van der Waals surface area (Å²) in [4.78, 5) is 51.7. The Morgan fingerprint density at radius 1 is 0.837 bits per heavy atom. The summed E-state index contributed by atoms with van der Waals surface area (Å²) in [6.07, 6.45) is -0.256. The normalized spacial score (nSPS) is 14.8. The highest BCUT2D eigenvalue weighted by Gasteiger charge is 2.44. The average Bonchev–Trinajstić information content (AvgIpc) is 3.09. The Morgan fingerprint density at radius 2 is 1.47 bits per heavy atom. The minimum absolute atomic E-state index is 0.0326. The van der Waals surface area contributed by atoms with Crippen molar-refractivity contribution in [1.82, 2.24) is 4.90 Å². The highest BCUT2D eigenvalue weighted by atomic mass is 16.7. The first-order valence-corrected chi connectivity index (χ1v) is 16.1. The molecule has 2 aliphatic heterocycles. The number of carbonyl (C=O) groups excluding carboxylic acids is 3. The molecule has 0 radical (unpaired) electrons. The first-order chi connectivity index (χ1) is 23.6.